The highest BCUT2D eigenvalue weighted by atomic mass is 16.3. The van der Waals surface area contributed by atoms with Crippen molar-refractivity contribution in [1.82, 2.24) is 15.5 Å². The lowest BCUT2D eigenvalue weighted by Crippen LogP contribution is -2.49. The smallest absolute Gasteiger partial charge is 0.317 e. The number of nitrogens with zero attached hydrogens (tertiary/aromatic N) is 1. The Kier molecular flexibility index (Phi) is 6.29. The van der Waals surface area contributed by atoms with Crippen molar-refractivity contribution in [2.24, 2.45) is 11.8 Å². The molecule has 0 aliphatic carbocycles. The van der Waals surface area contributed by atoms with Gasteiger partial charge in [0.15, 0.2) is 0 Å². The van der Waals surface area contributed by atoms with Gasteiger partial charge in [-0.15, -0.1) is 0 Å². The van der Waals surface area contributed by atoms with E-state index in [9.17, 15) is 9.59 Å². The molecule has 6 nitrogen and oxygen atoms in total. The molecule has 24 heavy (non-hydrogen) atoms. The first-order valence-electron chi connectivity index (χ1n) is 8.73. The normalized spacial score (nSPS) is 17.9. The van der Waals surface area contributed by atoms with Crippen molar-refractivity contribution in [3.8, 4) is 0 Å². The van der Waals surface area contributed by atoms with E-state index in [2.05, 4.69) is 24.5 Å². The van der Waals surface area contributed by atoms with Crippen molar-refractivity contribution >= 4 is 11.9 Å². The predicted molar refractivity (Wildman–Crippen MR) is 92.6 cm³/mol. The lowest BCUT2D eigenvalue weighted by molar-refractivity contribution is -0.126. The predicted octanol–water partition coefficient (Wildman–Crippen LogP) is 2.59. The van der Waals surface area contributed by atoms with Gasteiger partial charge in [-0.05, 0) is 38.7 Å². The molecule has 2 N–H and O–H groups in total. The minimum atomic E-state index is -0.142. The van der Waals surface area contributed by atoms with E-state index < -0.39 is 0 Å². The lowest BCUT2D eigenvalue weighted by atomic mass is 9.97. The third kappa shape index (κ3) is 5.01. The SMILES string of the molecule is Cc1cc(CNC(=O)C2CCCN(C(=O)NCC(C)C)C2)c(C)o1. The van der Waals surface area contributed by atoms with Crippen molar-refractivity contribution in [1.29, 1.82) is 0 Å². The molecule has 0 bridgehead atoms. The molecular formula is C18H29N3O3. The highest BCUT2D eigenvalue weighted by Crippen LogP contribution is 2.18. The molecule has 1 aromatic rings. The van der Waals surface area contributed by atoms with Crippen LogP contribution < -0.4 is 10.6 Å². The van der Waals surface area contributed by atoms with E-state index in [1.165, 1.54) is 0 Å². The van der Waals surface area contributed by atoms with Crippen LogP contribution in [0.5, 0.6) is 0 Å². The van der Waals surface area contributed by atoms with Crippen LogP contribution in [0.15, 0.2) is 10.5 Å². The number of rotatable bonds is 5. The number of aryl methyl sites for hydroxylation is 2. The number of piperidine rings is 1. The van der Waals surface area contributed by atoms with Crippen LogP contribution in [0.4, 0.5) is 4.79 Å². The topological polar surface area (TPSA) is 74.6 Å². The molecular weight excluding hydrogens is 306 g/mol. The van der Waals surface area contributed by atoms with E-state index in [1.54, 1.807) is 4.90 Å². The first kappa shape index (κ1) is 18.4. The molecule has 0 radical (unpaired) electrons. The van der Waals surface area contributed by atoms with Gasteiger partial charge in [0.1, 0.15) is 11.5 Å². The van der Waals surface area contributed by atoms with Crippen molar-refractivity contribution < 1.29 is 14.0 Å². The first-order valence-corrected chi connectivity index (χ1v) is 8.73. The first-order chi connectivity index (χ1) is 11.4. The summed E-state index contributed by atoms with van der Waals surface area (Å²) in [5, 5.41) is 5.90. The van der Waals surface area contributed by atoms with Gasteiger partial charge in [-0.2, -0.15) is 0 Å². The molecule has 2 rings (SSSR count). The van der Waals surface area contributed by atoms with E-state index in [0.717, 1.165) is 29.9 Å². The van der Waals surface area contributed by atoms with Gasteiger partial charge >= 0.3 is 6.03 Å². The van der Waals surface area contributed by atoms with Gasteiger partial charge in [0, 0.05) is 31.7 Å². The van der Waals surface area contributed by atoms with Crippen LogP contribution in [0, 0.1) is 25.7 Å². The summed E-state index contributed by atoms with van der Waals surface area (Å²) in [6.45, 7) is 10.2. The molecule has 6 heteroatoms. The zero-order valence-corrected chi connectivity index (χ0v) is 15.1. The molecule has 134 valence electrons. The van der Waals surface area contributed by atoms with Gasteiger partial charge in [0.2, 0.25) is 5.91 Å². The fourth-order valence-electron chi connectivity index (χ4n) is 2.96. The molecule has 3 amide bonds. The second-order valence-electron chi connectivity index (χ2n) is 7.02. The monoisotopic (exact) mass is 335 g/mol. The number of amides is 3. The Morgan fingerprint density at radius 1 is 1.33 bits per heavy atom. The van der Waals surface area contributed by atoms with Crippen LogP contribution in [-0.2, 0) is 11.3 Å². The summed E-state index contributed by atoms with van der Waals surface area (Å²) in [6.07, 6.45) is 1.68. The maximum atomic E-state index is 12.4. The lowest BCUT2D eigenvalue weighted by Gasteiger charge is -2.32. The van der Waals surface area contributed by atoms with Crippen LogP contribution >= 0.6 is 0 Å². The molecule has 1 aliphatic heterocycles. The second kappa shape index (κ2) is 8.22. The van der Waals surface area contributed by atoms with E-state index in [1.807, 2.05) is 19.9 Å². The van der Waals surface area contributed by atoms with E-state index in [4.69, 9.17) is 4.42 Å². The Bertz CT molecular complexity index is 580. The average molecular weight is 335 g/mol. The standard InChI is InChI=1S/C18H29N3O3/c1-12(2)9-20-18(23)21-7-5-6-15(11-21)17(22)19-10-16-8-13(3)24-14(16)4/h8,12,15H,5-7,9-11H2,1-4H3,(H,19,22)(H,20,23). The van der Waals surface area contributed by atoms with Gasteiger partial charge in [-0.1, -0.05) is 13.8 Å². The summed E-state index contributed by atoms with van der Waals surface area (Å²) in [5.74, 6) is 1.97. The molecule has 2 heterocycles. The number of carbonyl (C=O) groups is 2. The molecule has 1 aromatic heterocycles. The summed E-state index contributed by atoms with van der Waals surface area (Å²) in [4.78, 5) is 26.3. The van der Waals surface area contributed by atoms with Gasteiger partial charge in [-0.25, -0.2) is 4.79 Å². The van der Waals surface area contributed by atoms with E-state index >= 15 is 0 Å². The molecule has 1 aliphatic rings. The van der Waals surface area contributed by atoms with Gasteiger partial charge in [-0.3, -0.25) is 4.79 Å². The van der Waals surface area contributed by atoms with Crippen LogP contribution in [0.25, 0.3) is 0 Å². The zero-order chi connectivity index (χ0) is 17.7. The number of nitrogens with one attached hydrogen (secondary N) is 2. The van der Waals surface area contributed by atoms with E-state index in [0.29, 0.717) is 32.1 Å². The highest BCUT2D eigenvalue weighted by molar-refractivity contribution is 5.80. The Hall–Kier alpha value is -1.98. The molecule has 0 spiro atoms. The van der Waals surface area contributed by atoms with Crippen molar-refractivity contribution in [3.63, 3.8) is 0 Å². The number of likely N-dealkylation sites (tertiary alicyclic amines) is 1. The van der Waals surface area contributed by atoms with Crippen LogP contribution in [-0.4, -0.2) is 36.5 Å². The van der Waals surface area contributed by atoms with Crippen LogP contribution in [0.2, 0.25) is 0 Å². The Morgan fingerprint density at radius 3 is 2.71 bits per heavy atom. The van der Waals surface area contributed by atoms with E-state index in [-0.39, 0.29) is 17.9 Å². The Balaban J connectivity index is 1.83. The quantitative estimate of drug-likeness (QED) is 0.868. The number of carbonyl (C=O) groups excluding carboxylic acids is 2. The van der Waals surface area contributed by atoms with Gasteiger partial charge in [0.25, 0.3) is 0 Å². The van der Waals surface area contributed by atoms with Gasteiger partial charge < -0.3 is 20.0 Å². The molecule has 0 saturated carbocycles. The molecule has 1 atom stereocenters. The molecule has 1 saturated heterocycles. The molecule has 1 fully saturated rings. The number of hydrogen-bond donors (Lipinski definition) is 2. The average Bonchev–Trinajstić information content (AvgIpc) is 2.88. The van der Waals surface area contributed by atoms with Crippen molar-refractivity contribution in [2.45, 2.75) is 47.1 Å². The maximum absolute atomic E-state index is 12.4. The number of urea groups is 1. The summed E-state index contributed by atoms with van der Waals surface area (Å²) in [6, 6.07) is 1.88. The summed E-state index contributed by atoms with van der Waals surface area (Å²) >= 11 is 0. The van der Waals surface area contributed by atoms with Crippen molar-refractivity contribution in [3.05, 3.63) is 23.2 Å². The second-order valence-corrected chi connectivity index (χ2v) is 7.02. The number of furan rings is 1. The summed E-state index contributed by atoms with van der Waals surface area (Å²) in [7, 11) is 0. The van der Waals surface area contributed by atoms with Crippen LogP contribution in [0.3, 0.4) is 0 Å². The zero-order valence-electron chi connectivity index (χ0n) is 15.1. The minimum Gasteiger partial charge on any atom is -0.466 e. The summed E-state index contributed by atoms with van der Waals surface area (Å²) in [5.41, 5.74) is 1.00. The van der Waals surface area contributed by atoms with Gasteiger partial charge in [0.05, 0.1) is 5.92 Å². The highest BCUT2D eigenvalue weighted by Gasteiger charge is 2.28. The fraction of sp³-hybridized carbons (Fsp3) is 0.667. The third-order valence-electron chi connectivity index (χ3n) is 4.34. The van der Waals surface area contributed by atoms with Crippen LogP contribution in [0.1, 0.15) is 43.8 Å². The maximum Gasteiger partial charge on any atom is 0.317 e. The Morgan fingerprint density at radius 2 is 2.08 bits per heavy atom. The minimum absolute atomic E-state index is 0.00890. The fourth-order valence-corrected chi connectivity index (χ4v) is 2.96. The third-order valence-corrected chi connectivity index (χ3v) is 4.34. The van der Waals surface area contributed by atoms with Crippen molar-refractivity contribution in [2.75, 3.05) is 19.6 Å². The molecule has 0 aromatic carbocycles. The Labute approximate surface area is 144 Å². The number of hydrogen-bond acceptors (Lipinski definition) is 3. The summed E-state index contributed by atoms with van der Waals surface area (Å²) < 4.78 is 5.47. The molecule has 1 unspecified atom stereocenters. The largest absolute Gasteiger partial charge is 0.466 e.